The topological polar surface area (TPSA) is 82.1 Å². The number of nitrogen functional groups attached to an aromatic ring is 1. The zero-order valence-electron chi connectivity index (χ0n) is 16.6. The van der Waals surface area contributed by atoms with Gasteiger partial charge in [-0.3, -0.25) is 9.88 Å². The normalized spacial score (nSPS) is 15.3. The first-order valence-corrected chi connectivity index (χ1v) is 10.4. The van der Waals surface area contributed by atoms with Gasteiger partial charge in [-0.1, -0.05) is 23.2 Å². The van der Waals surface area contributed by atoms with E-state index in [9.17, 15) is 0 Å². The molecular formula is C20H24Cl2N6O. The number of halogens is 2. The van der Waals surface area contributed by atoms with E-state index in [0.29, 0.717) is 11.7 Å². The van der Waals surface area contributed by atoms with Gasteiger partial charge in [0.15, 0.2) is 0 Å². The zero-order valence-corrected chi connectivity index (χ0v) is 18.1. The molecule has 154 valence electrons. The highest BCUT2D eigenvalue weighted by Gasteiger charge is 2.18. The molecular weight excluding hydrogens is 411 g/mol. The molecule has 0 saturated carbocycles. The van der Waals surface area contributed by atoms with Crippen LogP contribution in [-0.2, 0) is 17.7 Å². The van der Waals surface area contributed by atoms with Gasteiger partial charge in [0.2, 0.25) is 5.95 Å². The SMILES string of the molecule is Cc1cnc(Cn2cc(CCN3CCOCC3)c3c(Cl)nc(N)nc32)c(C)c1Cl. The fourth-order valence-corrected chi connectivity index (χ4v) is 4.17. The number of hydrogen-bond donors (Lipinski definition) is 1. The van der Waals surface area contributed by atoms with Gasteiger partial charge in [0, 0.05) is 37.1 Å². The Morgan fingerprint density at radius 2 is 1.93 bits per heavy atom. The summed E-state index contributed by atoms with van der Waals surface area (Å²) in [6.45, 7) is 8.85. The van der Waals surface area contributed by atoms with Crippen LogP contribution in [0.5, 0.6) is 0 Å². The van der Waals surface area contributed by atoms with Crippen LogP contribution in [0.15, 0.2) is 12.4 Å². The highest BCUT2D eigenvalue weighted by Crippen LogP contribution is 2.29. The van der Waals surface area contributed by atoms with E-state index < -0.39 is 0 Å². The van der Waals surface area contributed by atoms with Gasteiger partial charge in [0.1, 0.15) is 10.8 Å². The second-order valence-electron chi connectivity index (χ2n) is 7.38. The van der Waals surface area contributed by atoms with Crippen molar-refractivity contribution in [3.05, 3.63) is 45.0 Å². The Morgan fingerprint density at radius 3 is 2.69 bits per heavy atom. The molecule has 0 spiro atoms. The summed E-state index contributed by atoms with van der Waals surface area (Å²) < 4.78 is 7.47. The molecule has 0 amide bonds. The maximum absolute atomic E-state index is 6.47. The number of fused-ring (bicyclic) bond motifs is 1. The molecule has 1 saturated heterocycles. The second kappa shape index (κ2) is 8.44. The molecule has 0 aromatic carbocycles. The lowest BCUT2D eigenvalue weighted by Crippen LogP contribution is -2.37. The molecule has 1 aliphatic rings. The molecule has 29 heavy (non-hydrogen) atoms. The summed E-state index contributed by atoms with van der Waals surface area (Å²) >= 11 is 12.9. The zero-order chi connectivity index (χ0) is 20.5. The molecule has 4 heterocycles. The van der Waals surface area contributed by atoms with Gasteiger partial charge < -0.3 is 15.0 Å². The van der Waals surface area contributed by atoms with Gasteiger partial charge in [-0.15, -0.1) is 0 Å². The standard InChI is InChI=1S/C20H24Cl2N6O/c1-12-9-24-15(13(2)17(12)21)11-28-10-14(3-4-27-5-7-29-8-6-27)16-18(22)25-20(23)26-19(16)28/h9-10H,3-8,11H2,1-2H3,(H2,23,25,26). The van der Waals surface area contributed by atoms with Crippen molar-refractivity contribution in [1.29, 1.82) is 0 Å². The van der Waals surface area contributed by atoms with Gasteiger partial charge in [-0.05, 0) is 37.0 Å². The fraction of sp³-hybridized carbons (Fsp3) is 0.450. The highest BCUT2D eigenvalue weighted by atomic mass is 35.5. The number of pyridine rings is 1. The van der Waals surface area contributed by atoms with E-state index in [2.05, 4.69) is 26.0 Å². The maximum atomic E-state index is 6.47. The molecule has 4 rings (SSSR count). The minimum Gasteiger partial charge on any atom is -0.379 e. The third kappa shape index (κ3) is 4.19. The molecule has 3 aromatic heterocycles. The van der Waals surface area contributed by atoms with E-state index in [4.69, 9.17) is 33.7 Å². The van der Waals surface area contributed by atoms with Gasteiger partial charge >= 0.3 is 0 Å². The molecule has 3 aromatic rings. The minimum atomic E-state index is 0.160. The average Bonchev–Trinajstić information content (AvgIpc) is 3.05. The summed E-state index contributed by atoms with van der Waals surface area (Å²) in [7, 11) is 0. The summed E-state index contributed by atoms with van der Waals surface area (Å²) in [4.78, 5) is 15.6. The Morgan fingerprint density at radius 1 is 1.17 bits per heavy atom. The monoisotopic (exact) mass is 434 g/mol. The second-order valence-corrected chi connectivity index (χ2v) is 8.12. The van der Waals surface area contributed by atoms with Gasteiger partial charge in [-0.25, -0.2) is 4.98 Å². The van der Waals surface area contributed by atoms with Crippen molar-refractivity contribution < 1.29 is 4.74 Å². The molecule has 0 aliphatic carbocycles. The van der Waals surface area contributed by atoms with Crippen molar-refractivity contribution in [3.8, 4) is 0 Å². The van der Waals surface area contributed by atoms with Gasteiger partial charge in [0.05, 0.1) is 30.8 Å². The number of hydrogen-bond acceptors (Lipinski definition) is 6. The Hall–Kier alpha value is -1.93. The van der Waals surface area contributed by atoms with E-state index in [1.165, 1.54) is 0 Å². The predicted octanol–water partition coefficient (Wildman–Crippen LogP) is 3.26. The third-order valence-corrected chi connectivity index (χ3v) is 6.27. The van der Waals surface area contributed by atoms with E-state index in [1.807, 2.05) is 18.4 Å². The highest BCUT2D eigenvalue weighted by molar-refractivity contribution is 6.34. The Bertz CT molecular complexity index is 1050. The lowest BCUT2D eigenvalue weighted by atomic mass is 10.1. The van der Waals surface area contributed by atoms with Crippen LogP contribution in [0.4, 0.5) is 5.95 Å². The molecule has 9 heteroatoms. The number of ether oxygens (including phenoxy) is 1. The first-order valence-electron chi connectivity index (χ1n) is 9.65. The van der Waals surface area contributed by atoms with Crippen LogP contribution in [0, 0.1) is 13.8 Å². The number of anilines is 1. The number of nitrogens with two attached hydrogens (primary N) is 1. The van der Waals surface area contributed by atoms with Crippen molar-refractivity contribution in [1.82, 2.24) is 24.4 Å². The summed E-state index contributed by atoms with van der Waals surface area (Å²) in [5.41, 5.74) is 10.5. The first-order chi connectivity index (χ1) is 13.9. The Balaban J connectivity index is 1.69. The van der Waals surface area contributed by atoms with Crippen molar-refractivity contribution in [2.45, 2.75) is 26.8 Å². The quantitative estimate of drug-likeness (QED) is 0.620. The molecule has 1 fully saturated rings. The minimum absolute atomic E-state index is 0.160. The van der Waals surface area contributed by atoms with Gasteiger partial charge in [-0.2, -0.15) is 4.98 Å². The lowest BCUT2D eigenvalue weighted by molar-refractivity contribution is 0.0385. The molecule has 1 aliphatic heterocycles. The number of morpholine rings is 1. The van der Waals surface area contributed by atoms with E-state index >= 15 is 0 Å². The van der Waals surface area contributed by atoms with E-state index in [-0.39, 0.29) is 5.95 Å². The van der Waals surface area contributed by atoms with Crippen molar-refractivity contribution in [2.24, 2.45) is 0 Å². The lowest BCUT2D eigenvalue weighted by Gasteiger charge is -2.26. The van der Waals surface area contributed by atoms with Crippen LogP contribution in [0.25, 0.3) is 11.0 Å². The fourth-order valence-electron chi connectivity index (χ4n) is 3.72. The molecule has 0 bridgehead atoms. The molecule has 0 atom stereocenters. The summed E-state index contributed by atoms with van der Waals surface area (Å²) in [6.07, 6.45) is 4.73. The Kier molecular flexibility index (Phi) is 5.92. The van der Waals surface area contributed by atoms with Crippen LogP contribution < -0.4 is 5.73 Å². The Labute approximate surface area is 179 Å². The van der Waals surface area contributed by atoms with Crippen molar-refractivity contribution >= 4 is 40.2 Å². The van der Waals surface area contributed by atoms with Crippen LogP contribution in [-0.4, -0.2) is 57.3 Å². The molecule has 0 radical (unpaired) electrons. The summed E-state index contributed by atoms with van der Waals surface area (Å²) in [5.74, 6) is 0.160. The number of nitrogens with zero attached hydrogens (tertiary/aromatic N) is 5. The van der Waals surface area contributed by atoms with Crippen LogP contribution in [0.1, 0.15) is 22.4 Å². The third-order valence-electron chi connectivity index (χ3n) is 5.41. The van der Waals surface area contributed by atoms with Gasteiger partial charge in [0.25, 0.3) is 0 Å². The van der Waals surface area contributed by atoms with E-state index in [1.54, 1.807) is 6.20 Å². The number of rotatable bonds is 5. The van der Waals surface area contributed by atoms with Crippen LogP contribution in [0.2, 0.25) is 10.2 Å². The molecule has 2 N–H and O–H groups in total. The largest absolute Gasteiger partial charge is 0.379 e. The van der Waals surface area contributed by atoms with E-state index in [0.717, 1.165) is 77.7 Å². The predicted molar refractivity (Wildman–Crippen MR) is 116 cm³/mol. The number of aromatic nitrogens is 4. The average molecular weight is 435 g/mol. The summed E-state index contributed by atoms with van der Waals surface area (Å²) in [5, 5.41) is 1.98. The van der Waals surface area contributed by atoms with Crippen molar-refractivity contribution in [3.63, 3.8) is 0 Å². The first kappa shape index (κ1) is 20.3. The number of aryl methyl sites for hydroxylation is 1. The molecule has 0 unspecified atom stereocenters. The molecule has 7 nitrogen and oxygen atoms in total. The van der Waals surface area contributed by atoms with Crippen molar-refractivity contribution in [2.75, 3.05) is 38.6 Å². The van der Waals surface area contributed by atoms with Crippen LogP contribution in [0.3, 0.4) is 0 Å². The smallest absolute Gasteiger partial charge is 0.223 e. The summed E-state index contributed by atoms with van der Waals surface area (Å²) in [6, 6.07) is 0. The maximum Gasteiger partial charge on any atom is 0.223 e. The van der Waals surface area contributed by atoms with Crippen LogP contribution >= 0.6 is 23.2 Å².